The third kappa shape index (κ3) is 2.28. The summed E-state index contributed by atoms with van der Waals surface area (Å²) in [5, 5.41) is 2.91. The molecule has 5 nitrogen and oxygen atoms in total. The van der Waals surface area contributed by atoms with Gasteiger partial charge in [-0.25, -0.2) is 4.79 Å². The van der Waals surface area contributed by atoms with Crippen molar-refractivity contribution in [3.8, 4) is 5.75 Å². The van der Waals surface area contributed by atoms with Gasteiger partial charge in [-0.1, -0.05) is 24.4 Å². The molecule has 0 aromatic heterocycles. The Hall–Kier alpha value is -2.08. The number of ether oxygens (including phenoxy) is 2. The highest BCUT2D eigenvalue weighted by molar-refractivity contribution is 7.81. The predicted octanol–water partition coefficient (Wildman–Crippen LogP) is 1.55. The number of benzene rings is 1. The lowest BCUT2D eigenvalue weighted by atomic mass is 10.2. The molecule has 18 heavy (non-hydrogen) atoms. The fourth-order valence-electron chi connectivity index (χ4n) is 1.52. The van der Waals surface area contributed by atoms with Crippen molar-refractivity contribution in [2.45, 2.75) is 6.92 Å². The molecule has 0 radical (unpaired) electrons. The highest BCUT2D eigenvalue weighted by Gasteiger charge is 2.25. The number of nitrogens with two attached hydrogens (primary N) is 1. The number of thiocarbonyl (C=S) groups is 1. The largest absolute Gasteiger partial charge is 0.462 e. The van der Waals surface area contributed by atoms with Crippen LogP contribution in [0, 0.1) is 0 Å². The van der Waals surface area contributed by atoms with Gasteiger partial charge in [-0.15, -0.1) is 0 Å². The molecule has 1 aromatic carbocycles. The number of carbonyl (C=O) groups excluding carboxylic acids is 1. The van der Waals surface area contributed by atoms with Gasteiger partial charge in [-0.05, 0) is 19.1 Å². The monoisotopic (exact) mass is 264 g/mol. The first-order valence-electron chi connectivity index (χ1n) is 5.38. The molecule has 0 saturated carbocycles. The van der Waals surface area contributed by atoms with Gasteiger partial charge < -0.3 is 20.5 Å². The fraction of sp³-hybridized carbons (Fsp3) is 0.167. The van der Waals surface area contributed by atoms with E-state index in [4.69, 9.17) is 27.4 Å². The maximum atomic E-state index is 11.8. The van der Waals surface area contributed by atoms with E-state index in [2.05, 4.69) is 5.32 Å². The van der Waals surface area contributed by atoms with E-state index in [1.54, 1.807) is 25.1 Å². The van der Waals surface area contributed by atoms with Crippen LogP contribution in [0.1, 0.15) is 6.92 Å². The lowest BCUT2D eigenvalue weighted by Gasteiger charge is -2.08. The highest BCUT2D eigenvalue weighted by atomic mass is 32.1. The zero-order valence-corrected chi connectivity index (χ0v) is 10.5. The van der Waals surface area contributed by atoms with E-state index in [0.29, 0.717) is 11.4 Å². The van der Waals surface area contributed by atoms with Gasteiger partial charge >= 0.3 is 5.97 Å². The zero-order valence-electron chi connectivity index (χ0n) is 9.73. The first-order chi connectivity index (χ1) is 8.63. The van der Waals surface area contributed by atoms with Crippen LogP contribution in [0.3, 0.4) is 0 Å². The van der Waals surface area contributed by atoms with E-state index in [0.717, 1.165) is 0 Å². The molecule has 0 bridgehead atoms. The van der Waals surface area contributed by atoms with Gasteiger partial charge in [-0.2, -0.15) is 0 Å². The summed E-state index contributed by atoms with van der Waals surface area (Å²) in [6.07, 6.45) is 0. The Bertz CT molecular complexity index is 540. The van der Waals surface area contributed by atoms with Crippen LogP contribution in [-0.2, 0) is 9.53 Å². The molecule has 1 aliphatic rings. The Labute approximate surface area is 110 Å². The van der Waals surface area contributed by atoms with Gasteiger partial charge in [0.05, 0.1) is 12.3 Å². The van der Waals surface area contributed by atoms with Crippen LogP contribution in [-0.4, -0.2) is 17.6 Å². The van der Waals surface area contributed by atoms with Crippen molar-refractivity contribution < 1.29 is 14.3 Å². The maximum Gasteiger partial charge on any atom is 0.346 e. The Morgan fingerprint density at radius 3 is 2.94 bits per heavy atom. The summed E-state index contributed by atoms with van der Waals surface area (Å²) in [4.78, 5) is 11.9. The van der Waals surface area contributed by atoms with Gasteiger partial charge in [0.25, 0.3) is 0 Å². The Morgan fingerprint density at radius 2 is 2.22 bits per heavy atom. The molecule has 0 atom stereocenters. The molecule has 94 valence electrons. The molecule has 0 aliphatic carbocycles. The van der Waals surface area contributed by atoms with Crippen molar-refractivity contribution in [1.29, 1.82) is 0 Å². The van der Waals surface area contributed by atoms with Crippen LogP contribution in [0.15, 0.2) is 35.7 Å². The fourth-order valence-corrected chi connectivity index (χ4v) is 1.82. The number of fused-ring (bicyclic) bond motifs is 1. The van der Waals surface area contributed by atoms with Gasteiger partial charge in [0.2, 0.25) is 5.88 Å². The molecule has 1 aliphatic heterocycles. The van der Waals surface area contributed by atoms with Gasteiger partial charge in [0.15, 0.2) is 11.3 Å². The molecule has 3 N–H and O–H groups in total. The second-order valence-electron chi connectivity index (χ2n) is 3.51. The van der Waals surface area contributed by atoms with Crippen LogP contribution in [0.5, 0.6) is 5.75 Å². The molecule has 1 heterocycles. The average molecular weight is 264 g/mol. The number of esters is 1. The standard InChI is InChI=1S/C12H12N2O3S/c1-2-16-12(15)9-10(13)17-8-6-4-3-5-7(8)14-11(9)18/h3-6H,2,13H2,1H3,(H,14,18). The third-order valence-electron chi connectivity index (χ3n) is 2.31. The van der Waals surface area contributed by atoms with Crippen molar-refractivity contribution >= 4 is 28.9 Å². The highest BCUT2D eigenvalue weighted by Crippen LogP contribution is 2.29. The predicted molar refractivity (Wildman–Crippen MR) is 71.1 cm³/mol. The van der Waals surface area contributed by atoms with Crippen molar-refractivity contribution in [2.75, 3.05) is 11.9 Å². The van der Waals surface area contributed by atoms with E-state index in [1.807, 2.05) is 6.07 Å². The molecule has 0 saturated heterocycles. The minimum Gasteiger partial charge on any atom is -0.462 e. The molecule has 0 fully saturated rings. The number of para-hydroxylation sites is 2. The molecular weight excluding hydrogens is 252 g/mol. The van der Waals surface area contributed by atoms with Crippen molar-refractivity contribution in [1.82, 2.24) is 0 Å². The van der Waals surface area contributed by atoms with Crippen LogP contribution in [0.2, 0.25) is 0 Å². The molecular formula is C12H12N2O3S. The summed E-state index contributed by atoms with van der Waals surface area (Å²) >= 11 is 5.13. The summed E-state index contributed by atoms with van der Waals surface area (Å²) in [6, 6.07) is 7.13. The van der Waals surface area contributed by atoms with E-state index in [-0.39, 0.29) is 23.1 Å². The first kappa shape index (κ1) is 12.4. The summed E-state index contributed by atoms with van der Waals surface area (Å²) in [6.45, 7) is 1.95. The summed E-state index contributed by atoms with van der Waals surface area (Å²) in [5.41, 5.74) is 6.45. The number of nitrogens with one attached hydrogen (secondary N) is 1. The smallest absolute Gasteiger partial charge is 0.346 e. The summed E-state index contributed by atoms with van der Waals surface area (Å²) < 4.78 is 10.3. The number of carbonyl (C=O) groups is 1. The van der Waals surface area contributed by atoms with Crippen molar-refractivity contribution in [3.63, 3.8) is 0 Å². The molecule has 6 heteroatoms. The molecule has 0 spiro atoms. The first-order valence-corrected chi connectivity index (χ1v) is 5.79. The number of rotatable bonds is 2. The SMILES string of the molecule is CCOC(=O)C1=C(N)Oc2ccccc2NC1=S. The minimum atomic E-state index is -0.597. The van der Waals surface area contributed by atoms with Crippen molar-refractivity contribution in [3.05, 3.63) is 35.7 Å². The van der Waals surface area contributed by atoms with Gasteiger partial charge in [0.1, 0.15) is 4.99 Å². The van der Waals surface area contributed by atoms with E-state index >= 15 is 0 Å². The van der Waals surface area contributed by atoms with Crippen LogP contribution in [0.25, 0.3) is 0 Å². The lowest BCUT2D eigenvalue weighted by molar-refractivity contribution is -0.138. The second-order valence-corrected chi connectivity index (χ2v) is 3.92. The maximum absolute atomic E-state index is 11.8. The number of hydrogen-bond donors (Lipinski definition) is 2. The molecule has 1 aromatic rings. The average Bonchev–Trinajstić information content (AvgIpc) is 2.44. The van der Waals surface area contributed by atoms with Crippen LogP contribution >= 0.6 is 12.2 Å². The Morgan fingerprint density at radius 1 is 1.50 bits per heavy atom. The number of anilines is 1. The lowest BCUT2D eigenvalue weighted by Crippen LogP contribution is -2.24. The van der Waals surface area contributed by atoms with E-state index in [9.17, 15) is 4.79 Å². The second kappa shape index (κ2) is 5.05. The third-order valence-corrected chi connectivity index (χ3v) is 2.61. The summed E-state index contributed by atoms with van der Waals surface area (Å²) in [7, 11) is 0. The quantitative estimate of drug-likeness (QED) is 0.623. The molecule has 2 rings (SSSR count). The number of hydrogen-bond acceptors (Lipinski definition) is 5. The van der Waals surface area contributed by atoms with Crippen LogP contribution in [0.4, 0.5) is 5.69 Å². The van der Waals surface area contributed by atoms with Gasteiger partial charge in [0, 0.05) is 0 Å². The van der Waals surface area contributed by atoms with Gasteiger partial charge in [-0.3, -0.25) is 0 Å². The zero-order chi connectivity index (χ0) is 13.1. The normalized spacial score (nSPS) is 14.2. The van der Waals surface area contributed by atoms with E-state index in [1.165, 1.54) is 0 Å². The molecule has 0 amide bonds. The topological polar surface area (TPSA) is 73.6 Å². The van der Waals surface area contributed by atoms with Crippen LogP contribution < -0.4 is 15.8 Å². The molecule has 0 unspecified atom stereocenters. The summed E-state index contributed by atoms with van der Waals surface area (Å²) in [5.74, 6) is -0.146. The Kier molecular flexibility index (Phi) is 3.47. The van der Waals surface area contributed by atoms with E-state index < -0.39 is 5.97 Å². The Balaban J connectivity index is 2.39. The van der Waals surface area contributed by atoms with Crippen molar-refractivity contribution in [2.24, 2.45) is 5.73 Å². The minimum absolute atomic E-state index is 0.0445.